The van der Waals surface area contributed by atoms with Crippen LogP contribution in [-0.2, 0) is 9.47 Å². The second-order valence-electron chi connectivity index (χ2n) is 8.67. The maximum absolute atomic E-state index is 13.4. The molecular weight excluding hydrogens is 448 g/mol. The number of carbonyl (C=O) groups is 2. The zero-order valence-electron chi connectivity index (χ0n) is 20.2. The second kappa shape index (κ2) is 12.5. The van der Waals surface area contributed by atoms with E-state index in [9.17, 15) is 9.59 Å². The van der Waals surface area contributed by atoms with Crippen LogP contribution in [0.2, 0.25) is 0 Å². The smallest absolute Gasteiger partial charge is 0.322 e. The van der Waals surface area contributed by atoms with Gasteiger partial charge in [0.15, 0.2) is 0 Å². The molecule has 2 aliphatic rings. The first-order valence-corrected chi connectivity index (χ1v) is 12.1. The van der Waals surface area contributed by atoms with Crippen LogP contribution in [0.5, 0.6) is 5.75 Å². The number of nitrogens with one attached hydrogen (secondary N) is 1. The Labute approximate surface area is 206 Å². The van der Waals surface area contributed by atoms with Crippen LogP contribution in [0.3, 0.4) is 0 Å². The molecule has 0 radical (unpaired) electrons. The molecule has 1 atom stereocenters. The molecule has 9 heteroatoms. The number of amides is 3. The molecule has 2 fully saturated rings. The van der Waals surface area contributed by atoms with Crippen LogP contribution in [0, 0.1) is 0 Å². The van der Waals surface area contributed by atoms with Crippen molar-refractivity contribution in [2.24, 2.45) is 0 Å². The van der Waals surface area contributed by atoms with Crippen LogP contribution < -0.4 is 10.1 Å². The van der Waals surface area contributed by atoms with Crippen molar-refractivity contribution < 1.29 is 23.8 Å². The molecule has 2 aliphatic heterocycles. The van der Waals surface area contributed by atoms with Crippen molar-refractivity contribution in [2.75, 3.05) is 78.1 Å². The Morgan fingerprint density at radius 2 is 1.77 bits per heavy atom. The van der Waals surface area contributed by atoms with Gasteiger partial charge in [0.1, 0.15) is 5.75 Å². The molecule has 0 saturated carbocycles. The maximum atomic E-state index is 13.4. The molecule has 3 amide bonds. The van der Waals surface area contributed by atoms with Gasteiger partial charge < -0.3 is 29.3 Å². The summed E-state index contributed by atoms with van der Waals surface area (Å²) in [5, 5.41) is 2.93. The number of para-hydroxylation sites is 1. The van der Waals surface area contributed by atoms with Crippen molar-refractivity contribution in [2.45, 2.75) is 6.10 Å². The number of rotatable bonds is 8. The van der Waals surface area contributed by atoms with Crippen LogP contribution in [0.1, 0.15) is 10.4 Å². The van der Waals surface area contributed by atoms with Gasteiger partial charge in [0.05, 0.1) is 39.6 Å². The fraction of sp³-hybridized carbons (Fsp3) is 0.462. The van der Waals surface area contributed by atoms with Gasteiger partial charge in [-0.25, -0.2) is 4.79 Å². The molecule has 0 aliphatic carbocycles. The minimum atomic E-state index is -0.267. The van der Waals surface area contributed by atoms with Gasteiger partial charge >= 0.3 is 6.03 Å². The molecular formula is C26H34N4O5. The van der Waals surface area contributed by atoms with Gasteiger partial charge in [-0.3, -0.25) is 9.69 Å². The minimum absolute atomic E-state index is 0.0598. The van der Waals surface area contributed by atoms with E-state index in [0.29, 0.717) is 57.3 Å². The van der Waals surface area contributed by atoms with Gasteiger partial charge in [-0.2, -0.15) is 0 Å². The molecule has 188 valence electrons. The van der Waals surface area contributed by atoms with Crippen molar-refractivity contribution in [3.8, 4) is 5.75 Å². The van der Waals surface area contributed by atoms with E-state index in [1.807, 2.05) is 35.2 Å². The van der Waals surface area contributed by atoms with Crippen molar-refractivity contribution in [3.63, 3.8) is 0 Å². The SMILES string of the molecule is COc1ccc(C(=O)N(CCN2CCOCC2)C[C@@H]2CN(C(=O)Nc3ccccc3)CCO2)cc1. The monoisotopic (exact) mass is 482 g/mol. The highest BCUT2D eigenvalue weighted by Crippen LogP contribution is 2.16. The normalized spacial score (nSPS) is 18.7. The molecule has 9 nitrogen and oxygen atoms in total. The summed E-state index contributed by atoms with van der Waals surface area (Å²) in [5.41, 5.74) is 1.35. The summed E-state index contributed by atoms with van der Waals surface area (Å²) in [6.45, 7) is 6.24. The van der Waals surface area contributed by atoms with Crippen LogP contribution in [0.25, 0.3) is 0 Å². The van der Waals surface area contributed by atoms with Gasteiger partial charge in [-0.05, 0) is 36.4 Å². The number of benzene rings is 2. The topological polar surface area (TPSA) is 83.6 Å². The van der Waals surface area contributed by atoms with Gasteiger partial charge in [0.25, 0.3) is 5.91 Å². The molecule has 35 heavy (non-hydrogen) atoms. The standard InChI is InChI=1S/C26H34N4O5/c1-33-23-9-7-21(8-10-23)25(31)29(12-11-28-13-16-34-17-14-28)19-24-20-30(15-18-35-24)26(32)27-22-5-3-2-4-6-22/h2-10,24H,11-20H2,1H3,(H,27,32)/t24-/m1/s1. The second-order valence-corrected chi connectivity index (χ2v) is 8.67. The maximum Gasteiger partial charge on any atom is 0.322 e. The first-order chi connectivity index (χ1) is 17.1. The molecule has 0 bridgehead atoms. The average Bonchev–Trinajstić information content (AvgIpc) is 2.92. The van der Waals surface area contributed by atoms with E-state index < -0.39 is 0 Å². The highest BCUT2D eigenvalue weighted by Gasteiger charge is 2.28. The summed E-state index contributed by atoms with van der Waals surface area (Å²) in [6, 6.07) is 16.4. The first kappa shape index (κ1) is 25.0. The van der Waals surface area contributed by atoms with Crippen molar-refractivity contribution in [1.82, 2.24) is 14.7 Å². The zero-order chi connectivity index (χ0) is 24.5. The quantitative estimate of drug-likeness (QED) is 0.622. The lowest BCUT2D eigenvalue weighted by molar-refractivity contribution is -0.0282. The Bertz CT molecular complexity index is 950. The summed E-state index contributed by atoms with van der Waals surface area (Å²) in [6.07, 6.45) is -0.267. The number of ether oxygens (including phenoxy) is 3. The Kier molecular flexibility index (Phi) is 8.94. The summed E-state index contributed by atoms with van der Waals surface area (Å²) < 4.78 is 16.7. The Morgan fingerprint density at radius 1 is 1.03 bits per heavy atom. The Hall–Kier alpha value is -3.14. The number of anilines is 1. The number of methoxy groups -OCH3 is 1. The van der Waals surface area contributed by atoms with Crippen LogP contribution in [0.15, 0.2) is 54.6 Å². The lowest BCUT2D eigenvalue weighted by atomic mass is 10.1. The predicted octanol–water partition coefficient (Wildman–Crippen LogP) is 2.40. The van der Waals surface area contributed by atoms with E-state index >= 15 is 0 Å². The number of hydrogen-bond acceptors (Lipinski definition) is 6. The first-order valence-electron chi connectivity index (χ1n) is 12.1. The number of nitrogens with zero attached hydrogens (tertiary/aromatic N) is 3. The van der Waals surface area contributed by atoms with E-state index in [1.54, 1.807) is 36.3 Å². The molecule has 2 aromatic rings. The predicted molar refractivity (Wildman–Crippen MR) is 133 cm³/mol. The molecule has 4 rings (SSSR count). The summed E-state index contributed by atoms with van der Waals surface area (Å²) in [7, 11) is 1.60. The van der Waals surface area contributed by atoms with E-state index in [1.165, 1.54) is 0 Å². The Balaban J connectivity index is 1.40. The van der Waals surface area contributed by atoms with E-state index in [4.69, 9.17) is 14.2 Å². The molecule has 2 saturated heterocycles. The third-order valence-corrected chi connectivity index (χ3v) is 6.29. The van der Waals surface area contributed by atoms with Gasteiger partial charge in [0.2, 0.25) is 0 Å². The fourth-order valence-electron chi connectivity index (χ4n) is 4.26. The van der Waals surface area contributed by atoms with E-state index in [-0.39, 0.29) is 18.0 Å². The zero-order valence-corrected chi connectivity index (χ0v) is 20.2. The number of urea groups is 1. The molecule has 2 heterocycles. The van der Waals surface area contributed by atoms with E-state index in [0.717, 1.165) is 25.3 Å². The lowest BCUT2D eigenvalue weighted by Gasteiger charge is -2.36. The highest BCUT2D eigenvalue weighted by atomic mass is 16.5. The molecule has 0 aromatic heterocycles. The van der Waals surface area contributed by atoms with Gasteiger partial charge in [-0.1, -0.05) is 18.2 Å². The molecule has 0 unspecified atom stereocenters. The van der Waals surface area contributed by atoms with Gasteiger partial charge in [0, 0.05) is 50.5 Å². The summed E-state index contributed by atoms with van der Waals surface area (Å²) >= 11 is 0. The Morgan fingerprint density at radius 3 is 2.49 bits per heavy atom. The van der Waals surface area contributed by atoms with Crippen molar-refractivity contribution in [1.29, 1.82) is 0 Å². The largest absolute Gasteiger partial charge is 0.497 e. The highest BCUT2D eigenvalue weighted by molar-refractivity contribution is 5.94. The number of morpholine rings is 2. The average molecular weight is 483 g/mol. The van der Waals surface area contributed by atoms with Crippen molar-refractivity contribution in [3.05, 3.63) is 60.2 Å². The molecule has 2 aromatic carbocycles. The number of hydrogen-bond donors (Lipinski definition) is 1. The van der Waals surface area contributed by atoms with E-state index in [2.05, 4.69) is 10.2 Å². The third-order valence-electron chi connectivity index (χ3n) is 6.29. The van der Waals surface area contributed by atoms with Crippen molar-refractivity contribution >= 4 is 17.6 Å². The van der Waals surface area contributed by atoms with Crippen LogP contribution in [0.4, 0.5) is 10.5 Å². The van der Waals surface area contributed by atoms with Crippen LogP contribution in [-0.4, -0.2) is 105 Å². The fourth-order valence-corrected chi connectivity index (χ4v) is 4.26. The summed E-state index contributed by atoms with van der Waals surface area (Å²) in [4.78, 5) is 32.1. The lowest BCUT2D eigenvalue weighted by Crippen LogP contribution is -2.52. The molecule has 1 N–H and O–H groups in total. The van der Waals surface area contributed by atoms with Gasteiger partial charge in [-0.15, -0.1) is 0 Å². The van der Waals surface area contributed by atoms with Crippen LogP contribution >= 0.6 is 0 Å². The summed E-state index contributed by atoms with van der Waals surface area (Å²) in [5.74, 6) is 0.646. The third kappa shape index (κ3) is 7.17. The molecule has 0 spiro atoms. The minimum Gasteiger partial charge on any atom is -0.497 e. The number of carbonyl (C=O) groups excluding carboxylic acids is 2.